The third-order valence-electron chi connectivity index (χ3n) is 3.43. The first-order valence-corrected chi connectivity index (χ1v) is 7.13. The topological polar surface area (TPSA) is 38.7 Å². The molecule has 1 fully saturated rings. The van der Waals surface area contributed by atoms with Gasteiger partial charge in [0.25, 0.3) is 0 Å². The summed E-state index contributed by atoms with van der Waals surface area (Å²) in [5.41, 5.74) is 2.00. The Kier molecular flexibility index (Phi) is 4.71. The van der Waals surface area contributed by atoms with Crippen molar-refractivity contribution in [1.82, 2.24) is 0 Å². The zero-order chi connectivity index (χ0) is 14.0. The molecule has 3 unspecified atom stereocenters. The molecule has 2 rings (SSSR count). The molecule has 1 aromatic carbocycles. The molecule has 106 valence electrons. The predicted octanol–water partition coefficient (Wildman–Crippen LogP) is 3.26. The molecule has 0 bridgehead atoms. The van der Waals surface area contributed by atoms with E-state index < -0.39 is 6.10 Å². The molecule has 0 aliphatic heterocycles. The summed E-state index contributed by atoms with van der Waals surface area (Å²) in [4.78, 5) is 0. The smallest absolute Gasteiger partial charge is 0.130 e. The number of aliphatic hydroxyl groups excluding tert-OH is 1. The summed E-state index contributed by atoms with van der Waals surface area (Å²) in [6.07, 6.45) is 0.869. The van der Waals surface area contributed by atoms with E-state index in [1.165, 1.54) is 0 Å². The van der Waals surface area contributed by atoms with Crippen molar-refractivity contribution in [3.05, 3.63) is 28.3 Å². The molecule has 19 heavy (non-hydrogen) atoms. The molecule has 0 saturated heterocycles. The molecule has 3 atom stereocenters. The molecule has 0 spiro atoms. The van der Waals surface area contributed by atoms with E-state index in [0.29, 0.717) is 13.0 Å². The lowest BCUT2D eigenvalue weighted by atomic mass is 9.88. The minimum Gasteiger partial charge on any atom is -0.487 e. The normalized spacial score (nSPS) is 26.1. The Morgan fingerprint density at radius 2 is 1.95 bits per heavy atom. The van der Waals surface area contributed by atoms with Crippen molar-refractivity contribution in [2.45, 2.75) is 51.9 Å². The molecule has 1 aliphatic rings. The molecular weight excluding hydrogens is 264 g/mol. The highest BCUT2D eigenvalue weighted by atomic mass is 35.5. The van der Waals surface area contributed by atoms with E-state index >= 15 is 0 Å². The molecule has 4 heteroatoms. The summed E-state index contributed by atoms with van der Waals surface area (Å²) in [6.45, 7) is 6.62. The Morgan fingerprint density at radius 1 is 1.32 bits per heavy atom. The maximum absolute atomic E-state index is 9.71. The third-order valence-corrected chi connectivity index (χ3v) is 4.03. The van der Waals surface area contributed by atoms with E-state index in [-0.39, 0.29) is 12.2 Å². The lowest BCUT2D eigenvalue weighted by molar-refractivity contribution is -0.162. The van der Waals surface area contributed by atoms with Crippen LogP contribution in [0.1, 0.15) is 30.9 Å². The number of hydrogen-bond donors (Lipinski definition) is 1. The van der Waals surface area contributed by atoms with E-state index in [1.807, 2.05) is 32.9 Å². The second-order valence-electron chi connectivity index (χ2n) is 5.17. The van der Waals surface area contributed by atoms with Crippen molar-refractivity contribution in [3.8, 4) is 5.75 Å². The molecule has 3 nitrogen and oxygen atoms in total. The van der Waals surface area contributed by atoms with E-state index in [1.54, 1.807) is 0 Å². The SMILES string of the molecule is CCCOC1C(O)CC1Oc1cc(C)c(Cl)c(C)c1. The standard InChI is InChI=1S/C15H21ClO3/c1-4-5-18-15-12(17)8-13(15)19-11-6-9(2)14(16)10(3)7-11/h6-7,12-13,15,17H,4-5,8H2,1-3H3. The van der Waals surface area contributed by atoms with Gasteiger partial charge in [0, 0.05) is 18.1 Å². The lowest BCUT2D eigenvalue weighted by Gasteiger charge is -2.40. The van der Waals surface area contributed by atoms with Crippen molar-refractivity contribution in [2.75, 3.05) is 6.61 Å². The van der Waals surface area contributed by atoms with Gasteiger partial charge in [-0.3, -0.25) is 0 Å². The van der Waals surface area contributed by atoms with Crippen LogP contribution in [0.5, 0.6) is 5.75 Å². The number of hydrogen-bond acceptors (Lipinski definition) is 3. The summed E-state index contributed by atoms with van der Waals surface area (Å²) in [5.74, 6) is 0.793. The number of aliphatic hydroxyl groups is 1. The predicted molar refractivity (Wildman–Crippen MR) is 76.0 cm³/mol. The first kappa shape index (κ1) is 14.6. The molecular formula is C15H21ClO3. The monoisotopic (exact) mass is 284 g/mol. The van der Waals surface area contributed by atoms with Crippen molar-refractivity contribution in [2.24, 2.45) is 0 Å². The number of benzene rings is 1. The Morgan fingerprint density at radius 3 is 2.47 bits per heavy atom. The molecule has 1 aliphatic carbocycles. The summed E-state index contributed by atoms with van der Waals surface area (Å²) >= 11 is 6.13. The highest BCUT2D eigenvalue weighted by Crippen LogP contribution is 2.32. The molecule has 0 heterocycles. The van der Waals surface area contributed by atoms with Gasteiger partial charge in [0.1, 0.15) is 18.0 Å². The molecule has 0 amide bonds. The van der Waals surface area contributed by atoms with Crippen LogP contribution in [0.2, 0.25) is 5.02 Å². The highest BCUT2D eigenvalue weighted by Gasteiger charge is 2.42. The molecule has 1 N–H and O–H groups in total. The fourth-order valence-electron chi connectivity index (χ4n) is 2.29. The quantitative estimate of drug-likeness (QED) is 0.902. The van der Waals surface area contributed by atoms with Gasteiger partial charge in [-0.25, -0.2) is 0 Å². The Balaban J connectivity index is 2.01. The van der Waals surface area contributed by atoms with Gasteiger partial charge in [0.05, 0.1) is 6.10 Å². The molecule has 1 saturated carbocycles. The first-order chi connectivity index (χ1) is 9.02. The zero-order valence-corrected chi connectivity index (χ0v) is 12.4. The van der Waals surface area contributed by atoms with Crippen LogP contribution in [0.3, 0.4) is 0 Å². The number of ether oxygens (including phenoxy) is 2. The lowest BCUT2D eigenvalue weighted by Crippen LogP contribution is -2.55. The average Bonchev–Trinajstić information content (AvgIpc) is 2.35. The summed E-state index contributed by atoms with van der Waals surface area (Å²) in [5, 5.41) is 10.5. The van der Waals surface area contributed by atoms with E-state index in [4.69, 9.17) is 21.1 Å². The zero-order valence-electron chi connectivity index (χ0n) is 11.6. The van der Waals surface area contributed by atoms with Gasteiger partial charge < -0.3 is 14.6 Å². The van der Waals surface area contributed by atoms with Gasteiger partial charge in [-0.1, -0.05) is 18.5 Å². The fourth-order valence-corrected chi connectivity index (χ4v) is 2.40. The molecule has 0 radical (unpaired) electrons. The van der Waals surface area contributed by atoms with Gasteiger partial charge in [-0.15, -0.1) is 0 Å². The maximum atomic E-state index is 9.71. The third kappa shape index (κ3) is 3.22. The second kappa shape index (κ2) is 6.12. The van der Waals surface area contributed by atoms with Crippen molar-refractivity contribution in [3.63, 3.8) is 0 Å². The number of halogens is 1. The number of rotatable bonds is 5. The van der Waals surface area contributed by atoms with Gasteiger partial charge in [0.15, 0.2) is 0 Å². The van der Waals surface area contributed by atoms with Crippen LogP contribution in [0, 0.1) is 13.8 Å². The van der Waals surface area contributed by atoms with Crippen LogP contribution < -0.4 is 4.74 Å². The van der Waals surface area contributed by atoms with E-state index in [9.17, 15) is 5.11 Å². The van der Waals surface area contributed by atoms with Gasteiger partial charge in [-0.2, -0.15) is 0 Å². The molecule has 1 aromatic rings. The van der Waals surface area contributed by atoms with Crippen molar-refractivity contribution in [1.29, 1.82) is 0 Å². The van der Waals surface area contributed by atoms with Crippen LogP contribution in [0.4, 0.5) is 0 Å². The van der Waals surface area contributed by atoms with E-state index in [2.05, 4.69) is 0 Å². The fraction of sp³-hybridized carbons (Fsp3) is 0.600. The average molecular weight is 285 g/mol. The number of aryl methyl sites for hydroxylation is 2. The van der Waals surface area contributed by atoms with Crippen LogP contribution >= 0.6 is 11.6 Å². The van der Waals surface area contributed by atoms with Gasteiger partial charge in [-0.05, 0) is 43.5 Å². The Labute approximate surface area is 119 Å². The summed E-state index contributed by atoms with van der Waals surface area (Å²) in [6, 6.07) is 3.85. The van der Waals surface area contributed by atoms with Crippen molar-refractivity contribution >= 4 is 11.6 Å². The van der Waals surface area contributed by atoms with E-state index in [0.717, 1.165) is 28.3 Å². The molecule has 0 aromatic heterocycles. The largest absolute Gasteiger partial charge is 0.487 e. The Hall–Kier alpha value is -0.770. The van der Waals surface area contributed by atoms with Crippen molar-refractivity contribution < 1.29 is 14.6 Å². The second-order valence-corrected chi connectivity index (χ2v) is 5.54. The van der Waals surface area contributed by atoms with Crippen LogP contribution in [0.25, 0.3) is 0 Å². The van der Waals surface area contributed by atoms with Gasteiger partial charge in [0.2, 0.25) is 0 Å². The minimum atomic E-state index is -0.411. The maximum Gasteiger partial charge on any atom is 0.130 e. The summed E-state index contributed by atoms with van der Waals surface area (Å²) < 4.78 is 11.5. The van der Waals surface area contributed by atoms with Crippen LogP contribution in [-0.4, -0.2) is 30.0 Å². The Bertz CT molecular complexity index is 424. The first-order valence-electron chi connectivity index (χ1n) is 6.76. The minimum absolute atomic E-state index is 0.0680. The van der Waals surface area contributed by atoms with Crippen LogP contribution in [-0.2, 0) is 4.74 Å². The summed E-state index contributed by atoms with van der Waals surface area (Å²) in [7, 11) is 0. The highest BCUT2D eigenvalue weighted by molar-refractivity contribution is 6.32. The van der Waals surface area contributed by atoms with Gasteiger partial charge >= 0.3 is 0 Å². The van der Waals surface area contributed by atoms with Crippen LogP contribution in [0.15, 0.2) is 12.1 Å².